The Morgan fingerprint density at radius 2 is 2.05 bits per heavy atom. The molecule has 0 atom stereocenters. The fourth-order valence-corrected chi connectivity index (χ4v) is 1.87. The minimum absolute atomic E-state index is 0.652. The Kier molecular flexibility index (Phi) is 7.49. The Morgan fingerprint density at radius 1 is 1.26 bits per heavy atom. The zero-order chi connectivity index (χ0) is 14.1. The third-order valence-electron chi connectivity index (χ3n) is 2.92. The molecule has 1 aromatic rings. The first-order chi connectivity index (χ1) is 9.13. The van der Waals surface area contributed by atoms with Crippen molar-refractivity contribution in [2.45, 2.75) is 53.5 Å². The first kappa shape index (κ1) is 16.0. The molecule has 19 heavy (non-hydrogen) atoms. The molecule has 0 amide bonds. The van der Waals surface area contributed by atoms with Crippen molar-refractivity contribution in [3.63, 3.8) is 0 Å². The molecule has 1 rings (SSSR count). The van der Waals surface area contributed by atoms with Gasteiger partial charge >= 0.3 is 0 Å². The topological polar surface area (TPSA) is 34.1 Å². The van der Waals surface area contributed by atoms with Gasteiger partial charge in [-0.25, -0.2) is 0 Å². The van der Waals surface area contributed by atoms with Crippen molar-refractivity contribution in [3.05, 3.63) is 23.5 Å². The summed E-state index contributed by atoms with van der Waals surface area (Å²) >= 11 is 0. The Bertz CT molecular complexity index is 364. The summed E-state index contributed by atoms with van der Waals surface area (Å²) in [5.74, 6) is 1.58. The number of aryl methyl sites for hydroxylation is 1. The van der Waals surface area contributed by atoms with E-state index in [0.717, 1.165) is 43.3 Å². The highest BCUT2D eigenvalue weighted by Crippen LogP contribution is 2.17. The van der Waals surface area contributed by atoms with Gasteiger partial charge in [-0.1, -0.05) is 33.6 Å². The highest BCUT2D eigenvalue weighted by atomic mass is 16.5. The smallest absolute Gasteiger partial charge is 0.142 e. The summed E-state index contributed by atoms with van der Waals surface area (Å²) in [4.78, 5) is 4.58. The Hall–Kier alpha value is -1.09. The van der Waals surface area contributed by atoms with Crippen LogP contribution in [0, 0.1) is 12.8 Å². The van der Waals surface area contributed by atoms with E-state index in [1.54, 1.807) is 0 Å². The molecule has 0 unspecified atom stereocenters. The number of pyridine rings is 1. The van der Waals surface area contributed by atoms with E-state index in [1.165, 1.54) is 12.8 Å². The molecule has 0 aromatic carbocycles. The van der Waals surface area contributed by atoms with Gasteiger partial charge in [-0.2, -0.15) is 0 Å². The molecule has 108 valence electrons. The molecule has 0 aliphatic heterocycles. The lowest BCUT2D eigenvalue weighted by atomic mass is 10.2. The van der Waals surface area contributed by atoms with Gasteiger partial charge in [0.05, 0.1) is 12.3 Å². The quantitative estimate of drug-likeness (QED) is 0.690. The number of nitrogens with one attached hydrogen (secondary N) is 1. The van der Waals surface area contributed by atoms with E-state index in [0.29, 0.717) is 5.92 Å². The highest BCUT2D eigenvalue weighted by Gasteiger charge is 2.06. The maximum Gasteiger partial charge on any atom is 0.142 e. The second-order valence-electron chi connectivity index (χ2n) is 5.48. The van der Waals surface area contributed by atoms with Crippen molar-refractivity contribution >= 4 is 0 Å². The first-order valence-electron chi connectivity index (χ1n) is 7.43. The summed E-state index contributed by atoms with van der Waals surface area (Å²) in [7, 11) is 0. The molecule has 0 aliphatic carbocycles. The van der Waals surface area contributed by atoms with Crippen LogP contribution in [0.15, 0.2) is 12.1 Å². The van der Waals surface area contributed by atoms with Crippen molar-refractivity contribution < 1.29 is 4.74 Å². The standard InChI is InChI=1S/C16H28N2O/c1-5-6-7-10-19-16-9-8-14(4)18-15(16)12-17-11-13(2)3/h8-9,13,17H,5-7,10-12H2,1-4H3. The van der Waals surface area contributed by atoms with Crippen LogP contribution in [0.2, 0.25) is 0 Å². The maximum absolute atomic E-state index is 5.85. The summed E-state index contributed by atoms with van der Waals surface area (Å²) in [5.41, 5.74) is 2.07. The van der Waals surface area contributed by atoms with Crippen LogP contribution in [0.1, 0.15) is 51.4 Å². The average Bonchev–Trinajstić information content (AvgIpc) is 2.36. The molecule has 0 aliphatic rings. The van der Waals surface area contributed by atoms with E-state index in [4.69, 9.17) is 4.74 Å². The second-order valence-corrected chi connectivity index (χ2v) is 5.48. The molecule has 0 fully saturated rings. The molecule has 0 saturated carbocycles. The van der Waals surface area contributed by atoms with Gasteiger partial charge in [-0.3, -0.25) is 4.98 Å². The Balaban J connectivity index is 2.53. The number of unbranched alkanes of at least 4 members (excludes halogenated alkanes) is 2. The number of rotatable bonds is 9. The fraction of sp³-hybridized carbons (Fsp3) is 0.688. The van der Waals surface area contributed by atoms with Gasteiger partial charge in [0.2, 0.25) is 0 Å². The Labute approximate surface area is 117 Å². The van der Waals surface area contributed by atoms with E-state index < -0.39 is 0 Å². The normalized spacial score (nSPS) is 11.0. The number of hydrogen-bond acceptors (Lipinski definition) is 3. The summed E-state index contributed by atoms with van der Waals surface area (Å²) in [6.07, 6.45) is 3.56. The third kappa shape index (κ3) is 6.58. The largest absolute Gasteiger partial charge is 0.492 e. The van der Waals surface area contributed by atoms with Gasteiger partial charge in [0.1, 0.15) is 5.75 Å². The maximum atomic E-state index is 5.85. The number of ether oxygens (including phenoxy) is 1. The van der Waals surface area contributed by atoms with Crippen molar-refractivity contribution in [3.8, 4) is 5.75 Å². The van der Waals surface area contributed by atoms with E-state index in [2.05, 4.69) is 31.1 Å². The number of aromatic nitrogens is 1. The van der Waals surface area contributed by atoms with Crippen LogP contribution in [0.25, 0.3) is 0 Å². The molecule has 1 heterocycles. The minimum atomic E-state index is 0.652. The van der Waals surface area contributed by atoms with Crippen LogP contribution in [0.5, 0.6) is 5.75 Å². The molecule has 0 saturated heterocycles. The van der Waals surface area contributed by atoms with Gasteiger partial charge in [0.15, 0.2) is 0 Å². The van der Waals surface area contributed by atoms with Gasteiger partial charge in [-0.05, 0) is 37.9 Å². The van der Waals surface area contributed by atoms with Crippen LogP contribution in [-0.4, -0.2) is 18.1 Å². The predicted molar refractivity (Wildman–Crippen MR) is 80.5 cm³/mol. The minimum Gasteiger partial charge on any atom is -0.492 e. The highest BCUT2D eigenvalue weighted by molar-refractivity contribution is 5.29. The molecule has 0 bridgehead atoms. The zero-order valence-electron chi connectivity index (χ0n) is 12.8. The lowest BCUT2D eigenvalue weighted by Gasteiger charge is -2.13. The van der Waals surface area contributed by atoms with Crippen LogP contribution < -0.4 is 10.1 Å². The molecular formula is C16H28N2O. The van der Waals surface area contributed by atoms with Crippen molar-refractivity contribution in [2.75, 3.05) is 13.2 Å². The van der Waals surface area contributed by atoms with Gasteiger partial charge in [0, 0.05) is 12.2 Å². The molecule has 1 N–H and O–H groups in total. The summed E-state index contributed by atoms with van der Waals surface area (Å²) in [6, 6.07) is 4.06. The van der Waals surface area contributed by atoms with Gasteiger partial charge in [0.25, 0.3) is 0 Å². The van der Waals surface area contributed by atoms with Crippen molar-refractivity contribution in [1.82, 2.24) is 10.3 Å². The van der Waals surface area contributed by atoms with Crippen molar-refractivity contribution in [1.29, 1.82) is 0 Å². The van der Waals surface area contributed by atoms with Crippen LogP contribution in [-0.2, 0) is 6.54 Å². The molecule has 3 nitrogen and oxygen atoms in total. The van der Waals surface area contributed by atoms with Gasteiger partial charge < -0.3 is 10.1 Å². The van der Waals surface area contributed by atoms with E-state index in [9.17, 15) is 0 Å². The van der Waals surface area contributed by atoms with Crippen LogP contribution >= 0.6 is 0 Å². The van der Waals surface area contributed by atoms with Crippen LogP contribution in [0.3, 0.4) is 0 Å². The average molecular weight is 264 g/mol. The monoisotopic (exact) mass is 264 g/mol. The molecule has 3 heteroatoms. The predicted octanol–water partition coefficient (Wildman–Crippen LogP) is 3.70. The lowest BCUT2D eigenvalue weighted by molar-refractivity contribution is 0.300. The van der Waals surface area contributed by atoms with E-state index in [1.807, 2.05) is 19.1 Å². The first-order valence-corrected chi connectivity index (χ1v) is 7.43. The van der Waals surface area contributed by atoms with Gasteiger partial charge in [-0.15, -0.1) is 0 Å². The Morgan fingerprint density at radius 3 is 2.74 bits per heavy atom. The van der Waals surface area contributed by atoms with Crippen molar-refractivity contribution in [2.24, 2.45) is 5.92 Å². The van der Waals surface area contributed by atoms with Crippen LogP contribution in [0.4, 0.5) is 0 Å². The molecule has 1 aromatic heterocycles. The molecule has 0 radical (unpaired) electrons. The third-order valence-corrected chi connectivity index (χ3v) is 2.92. The molecule has 0 spiro atoms. The summed E-state index contributed by atoms with van der Waals surface area (Å²) < 4.78 is 5.85. The number of nitrogens with zero attached hydrogens (tertiary/aromatic N) is 1. The summed E-state index contributed by atoms with van der Waals surface area (Å²) in [5, 5.41) is 3.43. The number of hydrogen-bond donors (Lipinski definition) is 1. The zero-order valence-corrected chi connectivity index (χ0v) is 12.8. The molecular weight excluding hydrogens is 236 g/mol. The van der Waals surface area contributed by atoms with E-state index >= 15 is 0 Å². The second kappa shape index (κ2) is 8.92. The summed E-state index contributed by atoms with van der Waals surface area (Å²) in [6.45, 7) is 11.2. The lowest BCUT2D eigenvalue weighted by Crippen LogP contribution is -2.20. The van der Waals surface area contributed by atoms with E-state index in [-0.39, 0.29) is 0 Å². The SMILES string of the molecule is CCCCCOc1ccc(C)nc1CNCC(C)C. The fourth-order valence-electron chi connectivity index (χ4n) is 1.87.